The van der Waals surface area contributed by atoms with Crippen molar-refractivity contribution in [2.75, 3.05) is 46.1 Å². The molecule has 0 bridgehead atoms. The van der Waals surface area contributed by atoms with E-state index in [1.165, 1.54) is 0 Å². The van der Waals surface area contributed by atoms with Gasteiger partial charge < -0.3 is 20.7 Å². The van der Waals surface area contributed by atoms with Crippen LogP contribution in [0.15, 0.2) is 18.2 Å². The molecule has 0 aliphatic rings. The number of carbonyl (C=O) groups is 1. The number of nitrogens with one attached hydrogen (secondary N) is 1. The molecule has 5 heteroatoms. The minimum Gasteiger partial charge on any atom is -0.399 e. The molecule has 0 aliphatic heterocycles. The Kier molecular flexibility index (Phi) is 6.32. The van der Waals surface area contributed by atoms with Gasteiger partial charge in [-0.15, -0.1) is 0 Å². The van der Waals surface area contributed by atoms with Gasteiger partial charge in [0.2, 0.25) is 0 Å². The number of benzene rings is 1. The highest BCUT2D eigenvalue weighted by Crippen LogP contribution is 2.12. The standard InChI is InChI=1S/C14H23N3O2/c1-11-4-5-12(15)10-13(11)14(18)16-6-7-17(2)8-9-19-3/h4-5,10H,6-9,15H2,1-3H3,(H,16,18). The Morgan fingerprint density at radius 3 is 2.84 bits per heavy atom. The van der Waals surface area contributed by atoms with Crippen LogP contribution in [0.1, 0.15) is 15.9 Å². The molecule has 0 heterocycles. The first-order valence-corrected chi connectivity index (χ1v) is 6.36. The number of hydrogen-bond donors (Lipinski definition) is 2. The number of nitrogens with two attached hydrogens (primary N) is 1. The molecule has 3 N–H and O–H groups in total. The summed E-state index contributed by atoms with van der Waals surface area (Å²) in [5.41, 5.74) is 7.87. The van der Waals surface area contributed by atoms with Gasteiger partial charge in [0.05, 0.1) is 6.61 Å². The number of hydrogen-bond acceptors (Lipinski definition) is 4. The molecule has 0 atom stereocenters. The number of ether oxygens (including phenoxy) is 1. The number of aryl methyl sites for hydroxylation is 1. The lowest BCUT2D eigenvalue weighted by atomic mass is 10.1. The molecule has 1 amide bonds. The van der Waals surface area contributed by atoms with Crippen LogP contribution in [0.4, 0.5) is 5.69 Å². The van der Waals surface area contributed by atoms with Gasteiger partial charge in [0.15, 0.2) is 0 Å². The van der Waals surface area contributed by atoms with Crippen LogP contribution in [-0.4, -0.2) is 51.2 Å². The summed E-state index contributed by atoms with van der Waals surface area (Å²) in [4.78, 5) is 14.1. The maximum Gasteiger partial charge on any atom is 0.251 e. The molecular weight excluding hydrogens is 242 g/mol. The molecule has 0 aromatic heterocycles. The highest BCUT2D eigenvalue weighted by atomic mass is 16.5. The fourth-order valence-electron chi connectivity index (χ4n) is 1.70. The van der Waals surface area contributed by atoms with E-state index in [-0.39, 0.29) is 5.91 Å². The van der Waals surface area contributed by atoms with Crippen LogP contribution >= 0.6 is 0 Å². The van der Waals surface area contributed by atoms with Crippen molar-refractivity contribution in [3.63, 3.8) is 0 Å². The third-order valence-corrected chi connectivity index (χ3v) is 2.96. The number of nitrogens with zero attached hydrogens (tertiary/aromatic N) is 1. The quantitative estimate of drug-likeness (QED) is 0.718. The molecule has 0 saturated carbocycles. The summed E-state index contributed by atoms with van der Waals surface area (Å²) in [5.74, 6) is -0.0788. The Morgan fingerprint density at radius 1 is 1.42 bits per heavy atom. The van der Waals surface area contributed by atoms with Gasteiger partial charge in [0.25, 0.3) is 5.91 Å². The van der Waals surface area contributed by atoms with Crippen molar-refractivity contribution in [1.29, 1.82) is 0 Å². The average Bonchev–Trinajstić information content (AvgIpc) is 2.39. The minimum atomic E-state index is -0.0788. The molecule has 0 spiro atoms. The third-order valence-electron chi connectivity index (χ3n) is 2.96. The largest absolute Gasteiger partial charge is 0.399 e. The van der Waals surface area contributed by atoms with Crippen LogP contribution in [0.25, 0.3) is 0 Å². The van der Waals surface area contributed by atoms with Gasteiger partial charge in [-0.3, -0.25) is 4.79 Å². The molecule has 5 nitrogen and oxygen atoms in total. The molecule has 106 valence electrons. The number of nitrogen functional groups attached to an aromatic ring is 1. The highest BCUT2D eigenvalue weighted by molar-refractivity contribution is 5.96. The summed E-state index contributed by atoms with van der Waals surface area (Å²) in [5, 5.41) is 2.90. The van der Waals surface area contributed by atoms with Crippen LogP contribution in [0.2, 0.25) is 0 Å². The van der Waals surface area contributed by atoms with Crippen molar-refractivity contribution >= 4 is 11.6 Å². The van der Waals surface area contributed by atoms with Gasteiger partial charge in [-0.2, -0.15) is 0 Å². The zero-order valence-electron chi connectivity index (χ0n) is 11.9. The molecule has 1 aromatic rings. The first kappa shape index (κ1) is 15.5. The van der Waals surface area contributed by atoms with E-state index in [2.05, 4.69) is 10.2 Å². The fourth-order valence-corrected chi connectivity index (χ4v) is 1.70. The first-order chi connectivity index (χ1) is 9.04. The summed E-state index contributed by atoms with van der Waals surface area (Å²) in [7, 11) is 3.68. The van der Waals surface area contributed by atoms with Gasteiger partial charge in [-0.25, -0.2) is 0 Å². The molecule has 0 saturated heterocycles. The van der Waals surface area contributed by atoms with Crippen molar-refractivity contribution in [1.82, 2.24) is 10.2 Å². The number of likely N-dealkylation sites (N-methyl/N-ethyl adjacent to an activating group) is 1. The topological polar surface area (TPSA) is 67.6 Å². The number of methoxy groups -OCH3 is 1. The van der Waals surface area contributed by atoms with E-state index in [1.807, 2.05) is 20.0 Å². The highest BCUT2D eigenvalue weighted by Gasteiger charge is 2.09. The minimum absolute atomic E-state index is 0.0788. The number of carbonyl (C=O) groups excluding carboxylic acids is 1. The predicted octanol–water partition coefficient (Wildman–Crippen LogP) is 0.885. The Hall–Kier alpha value is -1.59. The van der Waals surface area contributed by atoms with E-state index in [9.17, 15) is 4.79 Å². The summed E-state index contributed by atoms with van der Waals surface area (Å²) in [6, 6.07) is 5.36. The van der Waals surface area contributed by atoms with Crippen LogP contribution in [0.5, 0.6) is 0 Å². The summed E-state index contributed by atoms with van der Waals surface area (Å²) < 4.78 is 5.00. The second-order valence-electron chi connectivity index (χ2n) is 4.63. The van der Waals surface area contributed by atoms with Gasteiger partial charge >= 0.3 is 0 Å². The maximum absolute atomic E-state index is 12.0. The molecule has 0 radical (unpaired) electrons. The van der Waals surface area contributed by atoms with E-state index in [0.717, 1.165) is 18.7 Å². The number of amides is 1. The van der Waals surface area contributed by atoms with E-state index in [0.29, 0.717) is 24.4 Å². The van der Waals surface area contributed by atoms with E-state index >= 15 is 0 Å². The second kappa shape index (κ2) is 7.76. The summed E-state index contributed by atoms with van der Waals surface area (Å²) >= 11 is 0. The first-order valence-electron chi connectivity index (χ1n) is 6.36. The third kappa shape index (κ3) is 5.28. The fraction of sp³-hybridized carbons (Fsp3) is 0.500. The maximum atomic E-state index is 12.0. The summed E-state index contributed by atoms with van der Waals surface area (Å²) in [6.07, 6.45) is 0. The normalized spacial score (nSPS) is 10.7. The Balaban J connectivity index is 2.41. The van der Waals surface area contributed by atoms with Crippen LogP contribution in [-0.2, 0) is 4.74 Å². The van der Waals surface area contributed by atoms with Crippen LogP contribution in [0.3, 0.4) is 0 Å². The number of rotatable bonds is 7. The lowest BCUT2D eigenvalue weighted by Gasteiger charge is -2.16. The Bertz CT molecular complexity index is 421. The molecule has 1 rings (SSSR count). The van der Waals surface area contributed by atoms with Crippen molar-refractivity contribution in [3.05, 3.63) is 29.3 Å². The van der Waals surface area contributed by atoms with Crippen molar-refractivity contribution < 1.29 is 9.53 Å². The zero-order valence-corrected chi connectivity index (χ0v) is 11.9. The SMILES string of the molecule is COCCN(C)CCNC(=O)c1cc(N)ccc1C. The summed E-state index contributed by atoms with van der Waals surface area (Å²) in [6.45, 7) is 4.84. The molecular formula is C14H23N3O2. The molecule has 1 aromatic carbocycles. The lowest BCUT2D eigenvalue weighted by Crippen LogP contribution is -2.34. The van der Waals surface area contributed by atoms with Gasteiger partial charge in [0, 0.05) is 38.0 Å². The zero-order chi connectivity index (χ0) is 14.3. The van der Waals surface area contributed by atoms with Crippen molar-refractivity contribution in [3.8, 4) is 0 Å². The lowest BCUT2D eigenvalue weighted by molar-refractivity contribution is 0.0947. The second-order valence-corrected chi connectivity index (χ2v) is 4.63. The van der Waals surface area contributed by atoms with E-state index in [4.69, 9.17) is 10.5 Å². The Labute approximate surface area is 114 Å². The smallest absolute Gasteiger partial charge is 0.251 e. The van der Waals surface area contributed by atoms with Crippen LogP contribution in [0, 0.1) is 6.92 Å². The van der Waals surface area contributed by atoms with Crippen molar-refractivity contribution in [2.45, 2.75) is 6.92 Å². The van der Waals surface area contributed by atoms with Gasteiger partial charge in [0.1, 0.15) is 0 Å². The number of anilines is 1. The predicted molar refractivity (Wildman–Crippen MR) is 77.3 cm³/mol. The molecule has 19 heavy (non-hydrogen) atoms. The Morgan fingerprint density at radius 2 is 2.16 bits per heavy atom. The van der Waals surface area contributed by atoms with Crippen LogP contribution < -0.4 is 11.1 Å². The monoisotopic (exact) mass is 265 g/mol. The van der Waals surface area contributed by atoms with Gasteiger partial charge in [-0.1, -0.05) is 6.07 Å². The van der Waals surface area contributed by atoms with Crippen molar-refractivity contribution in [2.24, 2.45) is 0 Å². The van der Waals surface area contributed by atoms with E-state index < -0.39 is 0 Å². The van der Waals surface area contributed by atoms with E-state index in [1.54, 1.807) is 19.2 Å². The molecule has 0 aliphatic carbocycles. The molecule has 0 unspecified atom stereocenters. The van der Waals surface area contributed by atoms with Gasteiger partial charge in [-0.05, 0) is 31.7 Å². The molecule has 0 fully saturated rings. The average molecular weight is 265 g/mol.